The SMILES string of the molecule is Cc1ccc(CN(C)C(=O)CSc2nnc3ccccn23)o1. The van der Waals surface area contributed by atoms with Crippen LogP contribution < -0.4 is 0 Å². The van der Waals surface area contributed by atoms with E-state index in [2.05, 4.69) is 10.2 Å². The molecular weight excluding hydrogens is 300 g/mol. The molecule has 0 aromatic carbocycles. The molecule has 0 fully saturated rings. The monoisotopic (exact) mass is 316 g/mol. The summed E-state index contributed by atoms with van der Waals surface area (Å²) in [6.07, 6.45) is 1.89. The number of fused-ring (bicyclic) bond motifs is 1. The summed E-state index contributed by atoms with van der Waals surface area (Å²) in [5.74, 6) is 1.96. The highest BCUT2D eigenvalue weighted by Gasteiger charge is 2.14. The Morgan fingerprint density at radius 1 is 1.32 bits per heavy atom. The van der Waals surface area contributed by atoms with Crippen LogP contribution in [0, 0.1) is 6.92 Å². The molecule has 0 spiro atoms. The number of carbonyl (C=O) groups excluding carboxylic acids is 1. The molecule has 0 aliphatic carbocycles. The zero-order valence-electron chi connectivity index (χ0n) is 12.4. The molecule has 3 heterocycles. The van der Waals surface area contributed by atoms with E-state index in [9.17, 15) is 4.79 Å². The molecule has 0 N–H and O–H groups in total. The summed E-state index contributed by atoms with van der Waals surface area (Å²) in [7, 11) is 1.77. The predicted octanol–water partition coefficient (Wildman–Crippen LogP) is 2.38. The second-order valence-corrected chi connectivity index (χ2v) is 5.90. The quantitative estimate of drug-likeness (QED) is 0.676. The summed E-state index contributed by atoms with van der Waals surface area (Å²) in [4.78, 5) is 13.8. The van der Waals surface area contributed by atoms with Crippen molar-refractivity contribution in [3.05, 3.63) is 48.0 Å². The fraction of sp³-hybridized carbons (Fsp3) is 0.267. The number of aryl methyl sites for hydroxylation is 1. The van der Waals surface area contributed by atoms with E-state index in [1.54, 1.807) is 11.9 Å². The Labute approximate surface area is 132 Å². The van der Waals surface area contributed by atoms with E-state index >= 15 is 0 Å². The molecule has 3 aromatic rings. The van der Waals surface area contributed by atoms with Gasteiger partial charge >= 0.3 is 0 Å². The third kappa shape index (κ3) is 3.14. The number of aromatic nitrogens is 3. The summed E-state index contributed by atoms with van der Waals surface area (Å²) in [5.41, 5.74) is 0.775. The number of thioether (sulfide) groups is 1. The first-order chi connectivity index (χ1) is 10.6. The van der Waals surface area contributed by atoms with E-state index in [0.29, 0.717) is 17.5 Å². The van der Waals surface area contributed by atoms with Gasteiger partial charge in [-0.05, 0) is 31.2 Å². The average molecular weight is 316 g/mol. The maximum atomic E-state index is 12.2. The van der Waals surface area contributed by atoms with E-state index in [0.717, 1.165) is 17.2 Å². The number of carbonyl (C=O) groups is 1. The predicted molar refractivity (Wildman–Crippen MR) is 83.6 cm³/mol. The van der Waals surface area contributed by atoms with Crippen molar-refractivity contribution in [2.24, 2.45) is 0 Å². The van der Waals surface area contributed by atoms with Crippen molar-refractivity contribution >= 4 is 23.3 Å². The van der Waals surface area contributed by atoms with Gasteiger partial charge in [0.1, 0.15) is 11.5 Å². The van der Waals surface area contributed by atoms with Gasteiger partial charge in [0.2, 0.25) is 5.91 Å². The minimum Gasteiger partial charge on any atom is -0.464 e. The number of pyridine rings is 1. The van der Waals surface area contributed by atoms with Crippen molar-refractivity contribution in [3.8, 4) is 0 Å². The van der Waals surface area contributed by atoms with Crippen molar-refractivity contribution in [1.29, 1.82) is 0 Å². The first-order valence-electron chi connectivity index (χ1n) is 6.85. The van der Waals surface area contributed by atoms with Crippen molar-refractivity contribution in [3.63, 3.8) is 0 Å². The molecule has 22 heavy (non-hydrogen) atoms. The molecule has 0 unspecified atom stereocenters. The summed E-state index contributed by atoms with van der Waals surface area (Å²) in [6, 6.07) is 9.48. The smallest absolute Gasteiger partial charge is 0.233 e. The number of rotatable bonds is 5. The third-order valence-electron chi connectivity index (χ3n) is 3.22. The highest BCUT2D eigenvalue weighted by molar-refractivity contribution is 7.99. The normalized spacial score (nSPS) is 11.0. The van der Waals surface area contributed by atoms with Crippen LogP contribution in [-0.2, 0) is 11.3 Å². The fourth-order valence-corrected chi connectivity index (χ4v) is 2.91. The number of furan rings is 1. The summed E-state index contributed by atoms with van der Waals surface area (Å²) >= 11 is 1.38. The summed E-state index contributed by atoms with van der Waals surface area (Å²) in [5, 5.41) is 8.88. The van der Waals surface area contributed by atoms with Gasteiger partial charge in [0, 0.05) is 13.2 Å². The lowest BCUT2D eigenvalue weighted by atomic mass is 10.4. The van der Waals surface area contributed by atoms with Crippen molar-refractivity contribution in [2.45, 2.75) is 18.6 Å². The molecule has 0 saturated carbocycles. The molecule has 0 aliphatic heterocycles. The van der Waals surface area contributed by atoms with Gasteiger partial charge in [-0.1, -0.05) is 17.8 Å². The molecule has 0 aliphatic rings. The Bertz CT molecular complexity index is 796. The van der Waals surface area contributed by atoms with Crippen LogP contribution in [0.15, 0.2) is 46.1 Å². The molecule has 3 rings (SSSR count). The van der Waals surface area contributed by atoms with E-state index in [1.807, 2.05) is 47.9 Å². The van der Waals surface area contributed by atoms with E-state index in [-0.39, 0.29) is 5.91 Å². The van der Waals surface area contributed by atoms with Crippen LogP contribution in [0.25, 0.3) is 5.65 Å². The fourth-order valence-electron chi connectivity index (χ4n) is 2.05. The standard InChI is InChI=1S/C15H16N4O2S/c1-11-6-7-12(21-11)9-18(2)14(20)10-22-15-17-16-13-5-3-4-8-19(13)15/h3-8H,9-10H2,1-2H3. The Kier molecular flexibility index (Phi) is 4.15. The Hall–Kier alpha value is -2.28. The van der Waals surface area contributed by atoms with Gasteiger partial charge in [-0.15, -0.1) is 10.2 Å². The van der Waals surface area contributed by atoms with Crippen molar-refractivity contribution in [1.82, 2.24) is 19.5 Å². The number of hydrogen-bond acceptors (Lipinski definition) is 5. The van der Waals surface area contributed by atoms with Crippen LogP contribution in [0.4, 0.5) is 0 Å². The topological polar surface area (TPSA) is 63.6 Å². The Morgan fingerprint density at radius 2 is 2.18 bits per heavy atom. The van der Waals surface area contributed by atoms with Gasteiger partial charge in [0.25, 0.3) is 0 Å². The second kappa shape index (κ2) is 6.23. The van der Waals surface area contributed by atoms with E-state index < -0.39 is 0 Å². The van der Waals surface area contributed by atoms with Gasteiger partial charge < -0.3 is 9.32 Å². The van der Waals surface area contributed by atoms with Crippen LogP contribution in [0.1, 0.15) is 11.5 Å². The number of hydrogen-bond donors (Lipinski definition) is 0. The molecule has 3 aromatic heterocycles. The van der Waals surface area contributed by atoms with Crippen LogP contribution in [-0.4, -0.2) is 38.2 Å². The molecular formula is C15H16N4O2S. The van der Waals surface area contributed by atoms with Crippen molar-refractivity contribution in [2.75, 3.05) is 12.8 Å². The van der Waals surface area contributed by atoms with Gasteiger partial charge in [0.05, 0.1) is 12.3 Å². The molecule has 0 saturated heterocycles. The highest BCUT2D eigenvalue weighted by Crippen LogP contribution is 2.17. The number of nitrogens with zero attached hydrogens (tertiary/aromatic N) is 4. The minimum absolute atomic E-state index is 0.0201. The molecule has 0 bridgehead atoms. The molecule has 114 valence electrons. The third-order valence-corrected chi connectivity index (χ3v) is 4.15. The van der Waals surface area contributed by atoms with Crippen LogP contribution >= 0.6 is 11.8 Å². The lowest BCUT2D eigenvalue weighted by Crippen LogP contribution is -2.27. The van der Waals surface area contributed by atoms with E-state index in [4.69, 9.17) is 4.42 Å². The molecule has 0 radical (unpaired) electrons. The van der Waals surface area contributed by atoms with Gasteiger partial charge in [0.15, 0.2) is 10.8 Å². The highest BCUT2D eigenvalue weighted by atomic mass is 32.2. The summed E-state index contributed by atoms with van der Waals surface area (Å²) < 4.78 is 7.35. The first kappa shape index (κ1) is 14.6. The number of amides is 1. The summed E-state index contributed by atoms with van der Waals surface area (Å²) in [6.45, 7) is 2.35. The molecule has 1 amide bonds. The lowest BCUT2D eigenvalue weighted by Gasteiger charge is -2.15. The van der Waals surface area contributed by atoms with Crippen LogP contribution in [0.3, 0.4) is 0 Å². The van der Waals surface area contributed by atoms with E-state index in [1.165, 1.54) is 11.8 Å². The van der Waals surface area contributed by atoms with Gasteiger partial charge in [-0.25, -0.2) is 0 Å². The molecule has 7 heteroatoms. The molecule has 0 atom stereocenters. The Morgan fingerprint density at radius 3 is 2.95 bits per heavy atom. The van der Waals surface area contributed by atoms with Gasteiger partial charge in [-0.3, -0.25) is 9.20 Å². The first-order valence-corrected chi connectivity index (χ1v) is 7.84. The minimum atomic E-state index is 0.0201. The van der Waals surface area contributed by atoms with Gasteiger partial charge in [-0.2, -0.15) is 0 Å². The largest absolute Gasteiger partial charge is 0.464 e. The van der Waals surface area contributed by atoms with Crippen molar-refractivity contribution < 1.29 is 9.21 Å². The zero-order valence-corrected chi connectivity index (χ0v) is 13.2. The van der Waals surface area contributed by atoms with Crippen LogP contribution in [0.5, 0.6) is 0 Å². The second-order valence-electron chi connectivity index (χ2n) is 4.96. The maximum Gasteiger partial charge on any atom is 0.233 e. The lowest BCUT2D eigenvalue weighted by molar-refractivity contribution is -0.127. The maximum absolute atomic E-state index is 12.2. The molecule has 6 nitrogen and oxygen atoms in total. The Balaban J connectivity index is 1.59. The zero-order chi connectivity index (χ0) is 15.5. The average Bonchev–Trinajstić information content (AvgIpc) is 3.11. The van der Waals surface area contributed by atoms with Crippen LogP contribution in [0.2, 0.25) is 0 Å².